The molecule has 0 amide bonds. The largest absolute Gasteiger partial charge is 0.300 e. The number of hydrogen-bond acceptors (Lipinski definition) is 1. The third kappa shape index (κ3) is 2.01. The molecule has 1 nitrogen and oxygen atoms in total. The lowest BCUT2D eigenvalue weighted by Gasteiger charge is -2.32. The fourth-order valence-electron chi connectivity index (χ4n) is 2.35. The van der Waals surface area contributed by atoms with Crippen LogP contribution >= 0.6 is 0 Å². The van der Waals surface area contributed by atoms with Crippen LogP contribution in [-0.4, -0.2) is 24.0 Å². The molecule has 72 valence electrons. The van der Waals surface area contributed by atoms with Crippen molar-refractivity contribution < 1.29 is 0 Å². The maximum absolute atomic E-state index is 2.58. The van der Waals surface area contributed by atoms with E-state index in [0.717, 1.165) is 18.0 Å². The maximum Gasteiger partial charge on any atom is 0.0121 e. The highest BCUT2D eigenvalue weighted by molar-refractivity contribution is 4.83. The molecule has 0 saturated heterocycles. The summed E-state index contributed by atoms with van der Waals surface area (Å²) in [5.41, 5.74) is 0. The average Bonchev–Trinajstić information content (AvgIpc) is 2.48. The van der Waals surface area contributed by atoms with Crippen LogP contribution in [0.5, 0.6) is 0 Å². The summed E-state index contributed by atoms with van der Waals surface area (Å²) in [4.78, 5) is 2.58. The van der Waals surface area contributed by atoms with E-state index < -0.39 is 0 Å². The Balaban J connectivity index is 2.45. The van der Waals surface area contributed by atoms with Crippen molar-refractivity contribution in [2.24, 2.45) is 5.92 Å². The molecule has 1 rings (SSSR count). The molecule has 1 aliphatic carbocycles. The van der Waals surface area contributed by atoms with Gasteiger partial charge in [0.2, 0.25) is 0 Å². The van der Waals surface area contributed by atoms with E-state index in [0.29, 0.717) is 0 Å². The molecule has 1 fully saturated rings. The summed E-state index contributed by atoms with van der Waals surface area (Å²) in [7, 11) is 2.29. The summed E-state index contributed by atoms with van der Waals surface area (Å²) >= 11 is 0. The van der Waals surface area contributed by atoms with E-state index >= 15 is 0 Å². The number of hydrogen-bond donors (Lipinski definition) is 0. The van der Waals surface area contributed by atoms with E-state index in [-0.39, 0.29) is 0 Å². The minimum Gasteiger partial charge on any atom is -0.300 e. The van der Waals surface area contributed by atoms with E-state index in [9.17, 15) is 0 Å². The fraction of sp³-hybridized carbons (Fsp3) is 1.00. The maximum atomic E-state index is 2.58. The highest BCUT2D eigenvalue weighted by Gasteiger charge is 2.28. The van der Waals surface area contributed by atoms with E-state index in [1.54, 1.807) is 0 Å². The zero-order chi connectivity index (χ0) is 9.14. The smallest absolute Gasteiger partial charge is 0.0121 e. The van der Waals surface area contributed by atoms with Gasteiger partial charge in [-0.25, -0.2) is 0 Å². The molecule has 0 heterocycles. The Morgan fingerprint density at radius 2 is 2.08 bits per heavy atom. The van der Waals surface area contributed by atoms with Crippen LogP contribution in [0.2, 0.25) is 0 Å². The van der Waals surface area contributed by atoms with Gasteiger partial charge in [-0.2, -0.15) is 0 Å². The van der Waals surface area contributed by atoms with Gasteiger partial charge in [-0.15, -0.1) is 0 Å². The van der Waals surface area contributed by atoms with Crippen LogP contribution in [0.1, 0.15) is 46.5 Å². The second-order valence-electron chi connectivity index (χ2n) is 4.40. The summed E-state index contributed by atoms with van der Waals surface area (Å²) in [6.45, 7) is 7.02. The van der Waals surface area contributed by atoms with Gasteiger partial charge in [0, 0.05) is 12.1 Å². The molecule has 0 aromatic carbocycles. The predicted molar refractivity (Wildman–Crippen MR) is 54.3 cm³/mol. The highest BCUT2D eigenvalue weighted by Crippen LogP contribution is 2.29. The van der Waals surface area contributed by atoms with Crippen molar-refractivity contribution in [2.75, 3.05) is 7.05 Å². The quantitative estimate of drug-likeness (QED) is 0.628. The Bertz CT molecular complexity index is 133. The Morgan fingerprint density at radius 1 is 1.42 bits per heavy atom. The van der Waals surface area contributed by atoms with Gasteiger partial charge in [0.1, 0.15) is 0 Å². The second-order valence-corrected chi connectivity index (χ2v) is 4.40. The van der Waals surface area contributed by atoms with Gasteiger partial charge in [-0.1, -0.05) is 20.3 Å². The first-order valence-electron chi connectivity index (χ1n) is 5.38. The van der Waals surface area contributed by atoms with Gasteiger partial charge in [-0.3, -0.25) is 0 Å². The van der Waals surface area contributed by atoms with Crippen molar-refractivity contribution >= 4 is 0 Å². The SMILES string of the molecule is CCC(C)N(C)C1CCCC1C. The lowest BCUT2D eigenvalue weighted by Crippen LogP contribution is -2.39. The molecule has 3 unspecified atom stereocenters. The summed E-state index contributed by atoms with van der Waals surface area (Å²) in [6, 6.07) is 1.62. The fourth-order valence-corrected chi connectivity index (χ4v) is 2.35. The molecular formula is C11H23N. The highest BCUT2D eigenvalue weighted by atomic mass is 15.2. The Hall–Kier alpha value is -0.0400. The van der Waals surface area contributed by atoms with Gasteiger partial charge in [-0.05, 0) is 39.2 Å². The van der Waals surface area contributed by atoms with Gasteiger partial charge in [0.05, 0.1) is 0 Å². The van der Waals surface area contributed by atoms with Crippen molar-refractivity contribution in [3.05, 3.63) is 0 Å². The van der Waals surface area contributed by atoms with Crippen LogP contribution in [-0.2, 0) is 0 Å². The van der Waals surface area contributed by atoms with Crippen molar-refractivity contribution in [3.63, 3.8) is 0 Å². The van der Waals surface area contributed by atoms with Gasteiger partial charge in [0.25, 0.3) is 0 Å². The van der Waals surface area contributed by atoms with Crippen LogP contribution in [0.25, 0.3) is 0 Å². The molecule has 12 heavy (non-hydrogen) atoms. The summed E-state index contributed by atoms with van der Waals surface area (Å²) in [5, 5.41) is 0. The molecule has 0 N–H and O–H groups in total. The Labute approximate surface area is 77.1 Å². The Morgan fingerprint density at radius 3 is 2.50 bits per heavy atom. The normalized spacial score (nSPS) is 32.8. The minimum atomic E-state index is 0.760. The molecule has 3 atom stereocenters. The van der Waals surface area contributed by atoms with Crippen molar-refractivity contribution in [1.29, 1.82) is 0 Å². The van der Waals surface area contributed by atoms with Gasteiger partial charge >= 0.3 is 0 Å². The van der Waals surface area contributed by atoms with Crippen LogP contribution in [0, 0.1) is 5.92 Å². The minimum absolute atomic E-state index is 0.760. The zero-order valence-corrected chi connectivity index (χ0v) is 9.01. The van der Waals surface area contributed by atoms with Crippen molar-refractivity contribution in [2.45, 2.75) is 58.5 Å². The molecule has 0 aromatic heterocycles. The Kier molecular flexibility index (Phi) is 3.57. The van der Waals surface area contributed by atoms with Crippen LogP contribution in [0.15, 0.2) is 0 Å². The summed E-state index contributed by atoms with van der Waals surface area (Å²) < 4.78 is 0. The topological polar surface area (TPSA) is 3.24 Å². The molecular weight excluding hydrogens is 146 g/mol. The van der Waals surface area contributed by atoms with Crippen LogP contribution < -0.4 is 0 Å². The third-order valence-corrected chi connectivity index (χ3v) is 3.63. The lowest BCUT2D eigenvalue weighted by molar-refractivity contribution is 0.152. The van der Waals surface area contributed by atoms with Crippen LogP contribution in [0.3, 0.4) is 0 Å². The van der Waals surface area contributed by atoms with Crippen molar-refractivity contribution in [3.8, 4) is 0 Å². The molecule has 0 spiro atoms. The number of nitrogens with zero attached hydrogens (tertiary/aromatic N) is 1. The molecule has 0 radical (unpaired) electrons. The molecule has 1 aliphatic rings. The zero-order valence-electron chi connectivity index (χ0n) is 9.01. The van der Waals surface area contributed by atoms with Gasteiger partial charge < -0.3 is 4.90 Å². The average molecular weight is 169 g/mol. The third-order valence-electron chi connectivity index (χ3n) is 3.63. The van der Waals surface area contributed by atoms with E-state index in [4.69, 9.17) is 0 Å². The van der Waals surface area contributed by atoms with E-state index in [1.807, 2.05) is 0 Å². The molecule has 0 bridgehead atoms. The summed E-state index contributed by atoms with van der Waals surface area (Å²) in [5.74, 6) is 0.920. The first kappa shape index (κ1) is 10.0. The number of rotatable bonds is 3. The first-order chi connectivity index (χ1) is 5.66. The molecule has 1 saturated carbocycles. The predicted octanol–water partition coefficient (Wildman–Crippen LogP) is 2.91. The molecule has 0 aromatic rings. The standard InChI is InChI=1S/C11H23N/c1-5-10(3)12(4)11-8-6-7-9(11)2/h9-11H,5-8H2,1-4H3. The van der Waals surface area contributed by atoms with E-state index in [1.165, 1.54) is 25.7 Å². The van der Waals surface area contributed by atoms with Crippen molar-refractivity contribution in [1.82, 2.24) is 4.90 Å². The molecule has 0 aliphatic heterocycles. The van der Waals surface area contributed by atoms with Gasteiger partial charge in [0.15, 0.2) is 0 Å². The lowest BCUT2D eigenvalue weighted by atomic mass is 10.0. The monoisotopic (exact) mass is 169 g/mol. The summed E-state index contributed by atoms with van der Waals surface area (Å²) in [6.07, 6.45) is 5.57. The first-order valence-corrected chi connectivity index (χ1v) is 5.38. The van der Waals surface area contributed by atoms with Crippen LogP contribution in [0.4, 0.5) is 0 Å². The van der Waals surface area contributed by atoms with E-state index in [2.05, 4.69) is 32.7 Å². The molecule has 1 heteroatoms. The second kappa shape index (κ2) is 4.27.